The highest BCUT2D eigenvalue weighted by Crippen LogP contribution is 2.31. The minimum absolute atomic E-state index is 0.305. The van der Waals surface area contributed by atoms with E-state index in [9.17, 15) is 10.1 Å². The van der Waals surface area contributed by atoms with Crippen LogP contribution in [0.1, 0.15) is 5.01 Å². The van der Waals surface area contributed by atoms with Crippen LogP contribution in [-0.4, -0.2) is 19.2 Å². The van der Waals surface area contributed by atoms with Gasteiger partial charge in [-0.1, -0.05) is 15.9 Å². The molecule has 0 spiro atoms. The van der Waals surface area contributed by atoms with Crippen molar-refractivity contribution in [3.63, 3.8) is 0 Å². The van der Waals surface area contributed by atoms with Gasteiger partial charge in [0.2, 0.25) is 0 Å². The molecule has 0 unspecified atom stereocenters. The standard InChI is InChI=1S/C23H16BrN3O4S/c1-29-16-4-6-21(30-2)18(9-16)26-11-14(10-25)22-27-19(12-32-22)17-8-13-7-15(24)3-5-20(13)31-23(17)28/h3-9,11-12,26H,1-2H3. The normalized spacial score (nSPS) is 11.2. The van der Waals surface area contributed by atoms with Gasteiger partial charge in [0.1, 0.15) is 33.7 Å². The van der Waals surface area contributed by atoms with E-state index in [-0.39, 0.29) is 0 Å². The Bertz CT molecular complexity index is 1440. The second kappa shape index (κ2) is 9.26. The topological polar surface area (TPSA) is 97.4 Å². The van der Waals surface area contributed by atoms with Gasteiger partial charge < -0.3 is 19.2 Å². The number of ether oxygens (including phenoxy) is 2. The zero-order valence-electron chi connectivity index (χ0n) is 17.0. The molecule has 0 aliphatic carbocycles. The predicted octanol–water partition coefficient (Wildman–Crippen LogP) is 5.67. The average molecular weight is 510 g/mol. The van der Waals surface area contributed by atoms with Crippen LogP contribution in [0.3, 0.4) is 0 Å². The number of aromatic nitrogens is 1. The van der Waals surface area contributed by atoms with Gasteiger partial charge in [0.15, 0.2) is 0 Å². The molecule has 32 heavy (non-hydrogen) atoms. The van der Waals surface area contributed by atoms with Crippen molar-refractivity contribution in [1.82, 2.24) is 4.98 Å². The first-order valence-electron chi connectivity index (χ1n) is 9.31. The van der Waals surface area contributed by atoms with Gasteiger partial charge in [0.25, 0.3) is 0 Å². The molecule has 9 heteroatoms. The fraction of sp³-hybridized carbons (Fsp3) is 0.0870. The van der Waals surface area contributed by atoms with E-state index < -0.39 is 5.63 Å². The Hall–Kier alpha value is -3.61. The number of nitrogens with one attached hydrogen (secondary N) is 1. The quantitative estimate of drug-likeness (QED) is 0.264. The molecule has 7 nitrogen and oxygen atoms in total. The molecule has 4 rings (SSSR count). The first-order chi connectivity index (χ1) is 15.5. The van der Waals surface area contributed by atoms with Crippen molar-refractivity contribution < 1.29 is 13.9 Å². The van der Waals surface area contributed by atoms with E-state index >= 15 is 0 Å². The number of methoxy groups -OCH3 is 2. The van der Waals surface area contributed by atoms with Crippen molar-refractivity contribution >= 4 is 49.5 Å². The lowest BCUT2D eigenvalue weighted by atomic mass is 10.1. The maximum atomic E-state index is 12.5. The van der Waals surface area contributed by atoms with Crippen molar-refractivity contribution in [2.45, 2.75) is 0 Å². The summed E-state index contributed by atoms with van der Waals surface area (Å²) >= 11 is 4.68. The summed E-state index contributed by atoms with van der Waals surface area (Å²) in [6, 6.07) is 14.6. The fourth-order valence-electron chi connectivity index (χ4n) is 3.01. The van der Waals surface area contributed by atoms with Crippen molar-refractivity contribution in [1.29, 1.82) is 5.26 Å². The monoisotopic (exact) mass is 509 g/mol. The summed E-state index contributed by atoms with van der Waals surface area (Å²) < 4.78 is 16.9. The smallest absolute Gasteiger partial charge is 0.345 e. The molecule has 4 aromatic rings. The lowest BCUT2D eigenvalue weighted by Crippen LogP contribution is -2.03. The number of benzene rings is 2. The number of thiazole rings is 1. The van der Waals surface area contributed by atoms with E-state index in [0.29, 0.717) is 44.6 Å². The summed E-state index contributed by atoms with van der Waals surface area (Å²) in [5.41, 5.74) is 1.72. The Labute approximate surface area is 195 Å². The molecule has 2 aromatic heterocycles. The number of anilines is 1. The molecule has 0 amide bonds. The Kier molecular flexibility index (Phi) is 6.25. The number of nitriles is 1. The van der Waals surface area contributed by atoms with Crippen LogP contribution in [0.5, 0.6) is 11.5 Å². The molecule has 2 heterocycles. The third-order valence-electron chi connectivity index (χ3n) is 4.60. The van der Waals surface area contributed by atoms with Crippen molar-refractivity contribution in [3.8, 4) is 28.8 Å². The van der Waals surface area contributed by atoms with E-state index in [1.54, 1.807) is 62.2 Å². The van der Waals surface area contributed by atoms with E-state index in [1.807, 2.05) is 6.07 Å². The van der Waals surface area contributed by atoms with Crippen LogP contribution in [0.25, 0.3) is 27.8 Å². The number of hydrogen-bond donors (Lipinski definition) is 1. The number of fused-ring (bicyclic) bond motifs is 1. The fourth-order valence-corrected chi connectivity index (χ4v) is 4.18. The molecule has 0 aliphatic heterocycles. The molecule has 0 aliphatic rings. The molecule has 0 radical (unpaired) electrons. The van der Waals surface area contributed by atoms with Crippen LogP contribution in [-0.2, 0) is 0 Å². The van der Waals surface area contributed by atoms with Crippen LogP contribution >= 0.6 is 27.3 Å². The van der Waals surface area contributed by atoms with Crippen LogP contribution in [0.2, 0.25) is 0 Å². The van der Waals surface area contributed by atoms with Gasteiger partial charge in [-0.15, -0.1) is 11.3 Å². The van der Waals surface area contributed by atoms with Gasteiger partial charge in [0.05, 0.1) is 31.2 Å². The van der Waals surface area contributed by atoms with Gasteiger partial charge in [-0.2, -0.15) is 5.26 Å². The molecule has 0 saturated heterocycles. The Balaban J connectivity index is 1.67. The molecule has 0 bridgehead atoms. The van der Waals surface area contributed by atoms with Gasteiger partial charge in [-0.05, 0) is 36.4 Å². The Morgan fingerprint density at radius 2 is 2.06 bits per heavy atom. The minimum Gasteiger partial charge on any atom is -0.497 e. The lowest BCUT2D eigenvalue weighted by molar-refractivity contribution is 0.405. The lowest BCUT2D eigenvalue weighted by Gasteiger charge is -2.10. The second-order valence-electron chi connectivity index (χ2n) is 6.55. The van der Waals surface area contributed by atoms with Crippen molar-refractivity contribution in [2.75, 3.05) is 19.5 Å². The number of halogens is 1. The second-order valence-corrected chi connectivity index (χ2v) is 8.32. The number of allylic oxidation sites excluding steroid dienone is 1. The molecule has 0 atom stereocenters. The Morgan fingerprint density at radius 1 is 1.22 bits per heavy atom. The zero-order chi connectivity index (χ0) is 22.7. The average Bonchev–Trinajstić information content (AvgIpc) is 3.29. The maximum Gasteiger partial charge on any atom is 0.345 e. The van der Waals surface area contributed by atoms with E-state index in [4.69, 9.17) is 13.9 Å². The molecule has 2 aromatic carbocycles. The highest BCUT2D eigenvalue weighted by Gasteiger charge is 2.14. The third-order valence-corrected chi connectivity index (χ3v) is 5.97. The van der Waals surface area contributed by atoms with Crippen LogP contribution in [0.4, 0.5) is 5.69 Å². The summed E-state index contributed by atoms with van der Waals surface area (Å²) in [5.74, 6) is 1.24. The highest BCUT2D eigenvalue weighted by molar-refractivity contribution is 9.10. The molecule has 160 valence electrons. The van der Waals surface area contributed by atoms with E-state index in [2.05, 4.69) is 32.3 Å². The van der Waals surface area contributed by atoms with E-state index in [0.717, 1.165) is 9.86 Å². The maximum absolute atomic E-state index is 12.5. The summed E-state index contributed by atoms with van der Waals surface area (Å²) in [4.78, 5) is 17.0. The number of hydrogen-bond acceptors (Lipinski definition) is 8. The first-order valence-corrected chi connectivity index (χ1v) is 11.0. The van der Waals surface area contributed by atoms with Crippen molar-refractivity contribution in [3.05, 3.63) is 73.9 Å². The molecule has 0 fully saturated rings. The molecular weight excluding hydrogens is 494 g/mol. The molecule has 0 saturated carbocycles. The zero-order valence-corrected chi connectivity index (χ0v) is 19.4. The summed E-state index contributed by atoms with van der Waals surface area (Å²) in [6.45, 7) is 0. The summed E-state index contributed by atoms with van der Waals surface area (Å²) in [7, 11) is 3.13. The molecular formula is C23H16BrN3O4S. The third kappa shape index (κ3) is 4.37. The summed E-state index contributed by atoms with van der Waals surface area (Å²) in [6.07, 6.45) is 1.54. The number of nitrogens with zero attached hydrogens (tertiary/aromatic N) is 2. The number of rotatable bonds is 6. The van der Waals surface area contributed by atoms with Crippen LogP contribution < -0.4 is 20.4 Å². The van der Waals surface area contributed by atoms with Gasteiger partial charge >= 0.3 is 5.63 Å². The Morgan fingerprint density at radius 3 is 2.81 bits per heavy atom. The predicted molar refractivity (Wildman–Crippen MR) is 128 cm³/mol. The van der Waals surface area contributed by atoms with E-state index in [1.165, 1.54) is 11.3 Å². The SMILES string of the molecule is COc1ccc(OC)c(NC=C(C#N)c2nc(-c3cc4cc(Br)ccc4oc3=O)cs2)c1. The first kappa shape index (κ1) is 21.6. The summed E-state index contributed by atoms with van der Waals surface area (Å²) in [5, 5.41) is 15.7. The minimum atomic E-state index is -0.488. The van der Waals surface area contributed by atoms with Crippen LogP contribution in [0, 0.1) is 11.3 Å². The largest absolute Gasteiger partial charge is 0.497 e. The van der Waals surface area contributed by atoms with Crippen molar-refractivity contribution in [2.24, 2.45) is 0 Å². The molecule has 1 N–H and O–H groups in total. The van der Waals surface area contributed by atoms with Gasteiger partial charge in [0, 0.05) is 27.5 Å². The van der Waals surface area contributed by atoms with Gasteiger partial charge in [-0.25, -0.2) is 9.78 Å². The van der Waals surface area contributed by atoms with Crippen LogP contribution in [0.15, 0.2) is 67.7 Å². The highest BCUT2D eigenvalue weighted by atomic mass is 79.9. The van der Waals surface area contributed by atoms with Gasteiger partial charge in [-0.3, -0.25) is 0 Å².